The van der Waals surface area contributed by atoms with Gasteiger partial charge in [-0.05, 0) is 42.3 Å². The van der Waals surface area contributed by atoms with E-state index in [2.05, 4.69) is 22.4 Å². The van der Waals surface area contributed by atoms with E-state index < -0.39 is 11.9 Å². The second-order valence-corrected chi connectivity index (χ2v) is 9.05. The lowest BCUT2D eigenvalue weighted by Gasteiger charge is -2.17. The molecule has 0 aliphatic heterocycles. The van der Waals surface area contributed by atoms with Crippen molar-refractivity contribution in [3.05, 3.63) is 107 Å². The third-order valence-corrected chi connectivity index (χ3v) is 5.82. The molecule has 3 aromatic rings. The molecule has 2 N–H and O–H groups in total. The van der Waals surface area contributed by atoms with Crippen LogP contribution < -0.4 is 20.2 Å². The van der Waals surface area contributed by atoms with Crippen molar-refractivity contribution in [1.82, 2.24) is 10.7 Å². The zero-order valence-corrected chi connectivity index (χ0v) is 22.3. The number of nitrogens with zero attached hydrogens (tertiary/aromatic N) is 1. The first-order valence-electron chi connectivity index (χ1n) is 12.0. The second-order valence-electron chi connectivity index (χ2n) is 8.21. The van der Waals surface area contributed by atoms with Crippen LogP contribution in [0.3, 0.4) is 0 Å². The van der Waals surface area contributed by atoms with Crippen LogP contribution in [0.5, 0.6) is 11.5 Å². The van der Waals surface area contributed by atoms with Crippen molar-refractivity contribution >= 4 is 41.2 Å². The van der Waals surface area contributed by atoms with E-state index in [-0.39, 0.29) is 18.9 Å². The van der Waals surface area contributed by atoms with Gasteiger partial charge in [-0.1, -0.05) is 78.3 Å². The van der Waals surface area contributed by atoms with Crippen LogP contribution in [0, 0.1) is 0 Å². The van der Waals surface area contributed by atoms with Crippen molar-refractivity contribution in [2.24, 2.45) is 5.10 Å². The van der Waals surface area contributed by atoms with E-state index in [4.69, 9.17) is 32.7 Å². The monoisotopic (exact) mass is 553 g/mol. The van der Waals surface area contributed by atoms with Crippen LogP contribution in [0.4, 0.5) is 0 Å². The van der Waals surface area contributed by atoms with Gasteiger partial charge in [-0.2, -0.15) is 5.10 Å². The maximum atomic E-state index is 13.0. The fourth-order valence-corrected chi connectivity index (χ4v) is 3.91. The SMILES string of the molecule is C=CCOc1ccccc1/C=N\NC(=O)[C@H](Cc1ccccc1)NC(=O)CCCOc1ccc(Cl)cc1Cl. The highest BCUT2D eigenvalue weighted by Crippen LogP contribution is 2.27. The van der Waals surface area contributed by atoms with Gasteiger partial charge in [-0.25, -0.2) is 5.43 Å². The number of halogens is 2. The van der Waals surface area contributed by atoms with Crippen LogP contribution >= 0.6 is 23.2 Å². The van der Waals surface area contributed by atoms with Crippen LogP contribution in [0.25, 0.3) is 0 Å². The van der Waals surface area contributed by atoms with Crippen LogP contribution in [0.1, 0.15) is 24.0 Å². The maximum Gasteiger partial charge on any atom is 0.262 e. The Morgan fingerprint density at radius 2 is 1.74 bits per heavy atom. The summed E-state index contributed by atoms with van der Waals surface area (Å²) in [6, 6.07) is 20.9. The van der Waals surface area contributed by atoms with E-state index in [0.717, 1.165) is 5.56 Å². The van der Waals surface area contributed by atoms with Gasteiger partial charge in [0.25, 0.3) is 5.91 Å². The van der Waals surface area contributed by atoms with Crippen molar-refractivity contribution in [2.75, 3.05) is 13.2 Å². The number of amides is 2. The molecule has 0 saturated carbocycles. The largest absolute Gasteiger partial charge is 0.492 e. The molecule has 198 valence electrons. The molecule has 0 aliphatic rings. The molecule has 0 fully saturated rings. The van der Waals surface area contributed by atoms with Gasteiger partial charge in [0.2, 0.25) is 5.91 Å². The van der Waals surface area contributed by atoms with E-state index in [1.165, 1.54) is 6.21 Å². The predicted molar refractivity (Wildman–Crippen MR) is 151 cm³/mol. The lowest BCUT2D eigenvalue weighted by molar-refractivity contribution is -0.129. The summed E-state index contributed by atoms with van der Waals surface area (Å²) in [4.78, 5) is 25.6. The van der Waals surface area contributed by atoms with Crippen molar-refractivity contribution in [2.45, 2.75) is 25.3 Å². The number of hydrogen-bond acceptors (Lipinski definition) is 5. The molecule has 0 radical (unpaired) electrons. The smallest absolute Gasteiger partial charge is 0.262 e. The molecular weight excluding hydrogens is 525 g/mol. The third kappa shape index (κ3) is 9.57. The standard InChI is InChI=1S/C29H29Cl2N3O4/c1-2-16-37-26-12-7-6-11-22(26)20-32-34-29(36)25(18-21-9-4-3-5-10-21)33-28(35)13-8-17-38-27-15-14-23(30)19-24(27)31/h2-7,9-12,14-15,19-20,25H,1,8,13,16-18H2,(H,33,35)(H,34,36)/b32-20-/t25-/m0/s1. The van der Waals surface area contributed by atoms with Gasteiger partial charge in [0, 0.05) is 23.4 Å². The van der Waals surface area contributed by atoms with Gasteiger partial charge in [0.1, 0.15) is 24.1 Å². The predicted octanol–water partition coefficient (Wildman–Crippen LogP) is 5.60. The topological polar surface area (TPSA) is 89.0 Å². The molecule has 0 spiro atoms. The molecule has 9 heteroatoms. The number of para-hydroxylation sites is 1. The highest BCUT2D eigenvalue weighted by molar-refractivity contribution is 6.35. The van der Waals surface area contributed by atoms with Gasteiger partial charge < -0.3 is 14.8 Å². The molecule has 0 bridgehead atoms. The van der Waals surface area contributed by atoms with Crippen molar-refractivity contribution < 1.29 is 19.1 Å². The number of hydrogen-bond donors (Lipinski definition) is 2. The van der Waals surface area contributed by atoms with Crippen LogP contribution in [0.2, 0.25) is 10.0 Å². The summed E-state index contributed by atoms with van der Waals surface area (Å²) in [7, 11) is 0. The van der Waals surface area contributed by atoms with Crippen LogP contribution in [0.15, 0.2) is 90.6 Å². The lowest BCUT2D eigenvalue weighted by Crippen LogP contribution is -2.46. The highest BCUT2D eigenvalue weighted by Gasteiger charge is 2.21. The number of carbonyl (C=O) groups is 2. The van der Waals surface area contributed by atoms with Crippen molar-refractivity contribution in [3.63, 3.8) is 0 Å². The Balaban J connectivity index is 1.57. The Morgan fingerprint density at radius 3 is 2.50 bits per heavy atom. The summed E-state index contributed by atoms with van der Waals surface area (Å²) in [6.45, 7) is 4.27. The lowest BCUT2D eigenvalue weighted by atomic mass is 10.1. The fraction of sp³-hybridized carbons (Fsp3) is 0.207. The molecule has 3 aromatic carbocycles. The van der Waals surface area contributed by atoms with Gasteiger partial charge in [-0.3, -0.25) is 9.59 Å². The van der Waals surface area contributed by atoms with Gasteiger partial charge in [-0.15, -0.1) is 0 Å². The van der Waals surface area contributed by atoms with E-state index in [1.54, 1.807) is 30.3 Å². The molecule has 3 rings (SSSR count). The minimum absolute atomic E-state index is 0.168. The third-order valence-electron chi connectivity index (χ3n) is 5.29. The number of nitrogens with one attached hydrogen (secondary N) is 2. The number of carbonyl (C=O) groups excluding carboxylic acids is 2. The van der Waals surface area contributed by atoms with E-state index in [9.17, 15) is 9.59 Å². The quantitative estimate of drug-likeness (QED) is 0.118. The maximum absolute atomic E-state index is 13.0. The normalized spacial score (nSPS) is 11.5. The molecule has 1 atom stereocenters. The highest BCUT2D eigenvalue weighted by atomic mass is 35.5. The van der Waals surface area contributed by atoms with E-state index in [0.29, 0.717) is 46.6 Å². The average Bonchev–Trinajstić information content (AvgIpc) is 2.91. The average molecular weight is 554 g/mol. The molecule has 0 aliphatic carbocycles. The van der Waals surface area contributed by atoms with Crippen LogP contribution in [-0.2, 0) is 16.0 Å². The molecule has 2 amide bonds. The zero-order chi connectivity index (χ0) is 27.2. The number of rotatable bonds is 14. The zero-order valence-electron chi connectivity index (χ0n) is 20.7. The van der Waals surface area contributed by atoms with Gasteiger partial charge in [0.05, 0.1) is 17.8 Å². The minimum atomic E-state index is -0.819. The number of ether oxygens (including phenoxy) is 2. The summed E-state index contributed by atoms with van der Waals surface area (Å²) in [5, 5.41) is 7.80. The minimum Gasteiger partial charge on any atom is -0.492 e. The fourth-order valence-electron chi connectivity index (χ4n) is 3.44. The number of hydrazone groups is 1. The van der Waals surface area contributed by atoms with E-state index in [1.807, 2.05) is 48.5 Å². The van der Waals surface area contributed by atoms with Crippen molar-refractivity contribution in [3.8, 4) is 11.5 Å². The Hall–Kier alpha value is -3.81. The molecule has 38 heavy (non-hydrogen) atoms. The molecule has 0 heterocycles. The Labute approximate surface area is 232 Å². The summed E-state index contributed by atoms with van der Waals surface area (Å²) in [6.07, 6.45) is 4.05. The Kier molecular flexibility index (Phi) is 11.7. The first kappa shape index (κ1) is 28.8. The van der Waals surface area contributed by atoms with Crippen molar-refractivity contribution in [1.29, 1.82) is 0 Å². The molecule has 0 unspecified atom stereocenters. The summed E-state index contributed by atoms with van der Waals surface area (Å²) in [5.74, 6) is 0.389. The summed E-state index contributed by atoms with van der Waals surface area (Å²) < 4.78 is 11.2. The first-order valence-corrected chi connectivity index (χ1v) is 12.8. The molecule has 7 nitrogen and oxygen atoms in total. The molecular formula is C29H29Cl2N3O4. The number of benzene rings is 3. The molecule has 0 aromatic heterocycles. The Morgan fingerprint density at radius 1 is 0.974 bits per heavy atom. The van der Waals surface area contributed by atoms with Gasteiger partial charge in [0.15, 0.2) is 0 Å². The van der Waals surface area contributed by atoms with E-state index >= 15 is 0 Å². The molecule has 0 saturated heterocycles. The first-order chi connectivity index (χ1) is 18.5. The summed E-state index contributed by atoms with van der Waals surface area (Å²) >= 11 is 12.0. The van der Waals surface area contributed by atoms with Crippen LogP contribution in [-0.4, -0.2) is 37.3 Å². The van der Waals surface area contributed by atoms with Gasteiger partial charge >= 0.3 is 0 Å². The Bertz CT molecular complexity index is 1250. The summed E-state index contributed by atoms with van der Waals surface area (Å²) in [5.41, 5.74) is 4.13. The second kappa shape index (κ2) is 15.4.